The molecular weight excluding hydrogens is 284 g/mol. The summed E-state index contributed by atoms with van der Waals surface area (Å²) in [5.74, 6) is 1.79. The van der Waals surface area contributed by atoms with E-state index in [2.05, 4.69) is 10.1 Å². The Bertz CT molecular complexity index is 597. The van der Waals surface area contributed by atoms with E-state index >= 15 is 0 Å². The lowest BCUT2D eigenvalue weighted by atomic mass is 10.2. The first kappa shape index (κ1) is 15.6. The zero-order valence-electron chi connectivity index (χ0n) is 12.6. The van der Waals surface area contributed by atoms with Gasteiger partial charge in [-0.1, -0.05) is 0 Å². The van der Waals surface area contributed by atoms with E-state index in [9.17, 15) is 4.79 Å². The molecule has 2 aromatic rings. The van der Waals surface area contributed by atoms with Crippen LogP contribution in [0.1, 0.15) is 13.3 Å². The molecule has 6 heteroatoms. The van der Waals surface area contributed by atoms with Crippen LogP contribution in [0.2, 0.25) is 0 Å². The average molecular weight is 304 g/mol. The van der Waals surface area contributed by atoms with Crippen LogP contribution in [0.25, 0.3) is 11.3 Å². The van der Waals surface area contributed by atoms with E-state index in [-0.39, 0.29) is 5.91 Å². The number of carbonyl (C=O) groups excluding carboxylic acids is 1. The summed E-state index contributed by atoms with van der Waals surface area (Å²) in [6.07, 6.45) is 6.06. The van der Waals surface area contributed by atoms with Crippen molar-refractivity contribution in [3.63, 3.8) is 0 Å². The molecule has 0 saturated heterocycles. The van der Waals surface area contributed by atoms with Crippen LogP contribution in [0.3, 0.4) is 0 Å². The highest BCUT2D eigenvalue weighted by Crippen LogP contribution is 2.23. The van der Waals surface area contributed by atoms with Gasteiger partial charge in [0.1, 0.15) is 5.82 Å². The third-order valence-electron chi connectivity index (χ3n) is 3.23. The fourth-order valence-corrected chi connectivity index (χ4v) is 2.53. The number of aromatic nitrogens is 3. The molecule has 0 N–H and O–H groups in total. The van der Waals surface area contributed by atoms with E-state index in [0.717, 1.165) is 22.8 Å². The van der Waals surface area contributed by atoms with Gasteiger partial charge in [-0.2, -0.15) is 16.9 Å². The van der Waals surface area contributed by atoms with E-state index < -0.39 is 0 Å². The summed E-state index contributed by atoms with van der Waals surface area (Å²) >= 11 is 1.68. The molecule has 5 nitrogen and oxygen atoms in total. The molecule has 0 aliphatic rings. The standard InChI is InChI=1S/C15H20N4OS/c1-4-19(15(20)7-9-21-3)14-10-13(17-18(14)2)12-6-5-8-16-11-12/h5-6,8,10-11H,4,7,9H2,1-3H3. The molecule has 2 aromatic heterocycles. The summed E-state index contributed by atoms with van der Waals surface area (Å²) in [7, 11) is 1.86. The van der Waals surface area contributed by atoms with E-state index in [0.29, 0.717) is 13.0 Å². The summed E-state index contributed by atoms with van der Waals surface area (Å²) in [4.78, 5) is 18.2. The lowest BCUT2D eigenvalue weighted by Crippen LogP contribution is -2.32. The Hall–Kier alpha value is -1.82. The molecule has 0 aliphatic heterocycles. The summed E-state index contributed by atoms with van der Waals surface area (Å²) < 4.78 is 1.75. The maximum atomic E-state index is 12.3. The van der Waals surface area contributed by atoms with Crippen molar-refractivity contribution < 1.29 is 4.79 Å². The molecule has 0 saturated carbocycles. The van der Waals surface area contributed by atoms with Gasteiger partial charge in [0, 0.05) is 49.8 Å². The largest absolute Gasteiger partial charge is 0.297 e. The number of nitrogens with zero attached hydrogens (tertiary/aromatic N) is 4. The van der Waals surface area contributed by atoms with Crippen LogP contribution < -0.4 is 4.90 Å². The second-order valence-corrected chi connectivity index (χ2v) is 5.62. The van der Waals surface area contributed by atoms with Gasteiger partial charge in [0.05, 0.1) is 5.69 Å². The first-order valence-corrected chi connectivity index (χ1v) is 8.30. The van der Waals surface area contributed by atoms with Crippen LogP contribution in [0.4, 0.5) is 5.82 Å². The third-order valence-corrected chi connectivity index (χ3v) is 3.84. The summed E-state index contributed by atoms with van der Waals surface area (Å²) in [6.45, 7) is 2.62. The summed E-state index contributed by atoms with van der Waals surface area (Å²) in [5, 5.41) is 4.49. The molecule has 2 rings (SSSR count). The van der Waals surface area contributed by atoms with Gasteiger partial charge in [-0.05, 0) is 25.3 Å². The van der Waals surface area contributed by atoms with Crippen molar-refractivity contribution in [3.05, 3.63) is 30.6 Å². The quantitative estimate of drug-likeness (QED) is 0.823. The number of amides is 1. The highest BCUT2D eigenvalue weighted by molar-refractivity contribution is 7.98. The van der Waals surface area contributed by atoms with E-state index in [1.165, 1.54) is 0 Å². The zero-order chi connectivity index (χ0) is 15.2. The van der Waals surface area contributed by atoms with Crippen LogP contribution in [0, 0.1) is 0 Å². The van der Waals surface area contributed by atoms with E-state index in [1.807, 2.05) is 38.4 Å². The Morgan fingerprint density at radius 3 is 2.90 bits per heavy atom. The van der Waals surface area contributed by atoms with Gasteiger partial charge in [0.2, 0.25) is 5.91 Å². The number of hydrogen-bond acceptors (Lipinski definition) is 4. The minimum Gasteiger partial charge on any atom is -0.297 e. The van der Waals surface area contributed by atoms with E-state index in [4.69, 9.17) is 0 Å². The first-order chi connectivity index (χ1) is 10.2. The molecule has 0 aromatic carbocycles. The molecule has 0 bridgehead atoms. The smallest absolute Gasteiger partial charge is 0.228 e. The lowest BCUT2D eigenvalue weighted by molar-refractivity contribution is -0.118. The molecule has 0 aliphatic carbocycles. The van der Waals surface area contributed by atoms with Crippen molar-refractivity contribution in [1.82, 2.24) is 14.8 Å². The Morgan fingerprint density at radius 2 is 2.29 bits per heavy atom. The maximum Gasteiger partial charge on any atom is 0.228 e. The Morgan fingerprint density at radius 1 is 1.48 bits per heavy atom. The third kappa shape index (κ3) is 3.64. The fourth-order valence-electron chi connectivity index (χ4n) is 2.16. The van der Waals surface area contributed by atoms with Crippen molar-refractivity contribution in [1.29, 1.82) is 0 Å². The molecule has 21 heavy (non-hydrogen) atoms. The first-order valence-electron chi connectivity index (χ1n) is 6.91. The molecule has 0 atom stereocenters. The lowest BCUT2D eigenvalue weighted by Gasteiger charge is -2.20. The fraction of sp³-hybridized carbons (Fsp3) is 0.400. The Balaban J connectivity index is 2.27. The maximum absolute atomic E-state index is 12.3. The number of pyridine rings is 1. The van der Waals surface area contributed by atoms with Gasteiger partial charge in [-0.3, -0.25) is 19.4 Å². The van der Waals surface area contributed by atoms with Crippen LogP contribution in [-0.4, -0.2) is 39.2 Å². The number of aryl methyl sites for hydroxylation is 1. The minimum absolute atomic E-state index is 0.132. The van der Waals surface area contributed by atoms with E-state index in [1.54, 1.807) is 33.7 Å². The average Bonchev–Trinajstić information content (AvgIpc) is 2.89. The van der Waals surface area contributed by atoms with Gasteiger partial charge in [-0.15, -0.1) is 0 Å². The van der Waals surface area contributed by atoms with Crippen LogP contribution in [0.5, 0.6) is 0 Å². The molecule has 0 spiro atoms. The molecule has 1 amide bonds. The number of hydrogen-bond donors (Lipinski definition) is 0. The van der Waals surface area contributed by atoms with Crippen molar-refractivity contribution in [3.8, 4) is 11.3 Å². The minimum atomic E-state index is 0.132. The monoisotopic (exact) mass is 304 g/mol. The van der Waals surface area contributed by atoms with Crippen LogP contribution in [0.15, 0.2) is 30.6 Å². The molecule has 0 radical (unpaired) electrons. The van der Waals surface area contributed by atoms with Gasteiger partial charge in [0.15, 0.2) is 0 Å². The molecule has 2 heterocycles. The highest BCUT2D eigenvalue weighted by Gasteiger charge is 2.18. The van der Waals surface area contributed by atoms with Crippen molar-refractivity contribution in [2.45, 2.75) is 13.3 Å². The normalized spacial score (nSPS) is 10.6. The molecule has 0 fully saturated rings. The van der Waals surface area contributed by atoms with Gasteiger partial charge in [0.25, 0.3) is 0 Å². The summed E-state index contributed by atoms with van der Waals surface area (Å²) in [6, 6.07) is 5.79. The molecular formula is C15H20N4OS. The van der Waals surface area contributed by atoms with Crippen molar-refractivity contribution >= 4 is 23.5 Å². The number of rotatable bonds is 6. The number of anilines is 1. The number of thioether (sulfide) groups is 1. The zero-order valence-corrected chi connectivity index (χ0v) is 13.4. The Kier molecular flexibility index (Phi) is 5.38. The van der Waals surface area contributed by atoms with Crippen molar-refractivity contribution in [2.75, 3.05) is 23.5 Å². The van der Waals surface area contributed by atoms with Crippen LogP contribution >= 0.6 is 11.8 Å². The Labute approximate surface area is 129 Å². The molecule has 0 unspecified atom stereocenters. The highest BCUT2D eigenvalue weighted by atomic mass is 32.2. The predicted octanol–water partition coefficient (Wildman–Crippen LogP) is 2.59. The topological polar surface area (TPSA) is 51.0 Å². The second-order valence-electron chi connectivity index (χ2n) is 4.63. The molecule has 112 valence electrons. The van der Waals surface area contributed by atoms with Gasteiger partial charge >= 0.3 is 0 Å². The predicted molar refractivity (Wildman–Crippen MR) is 87.5 cm³/mol. The summed E-state index contributed by atoms with van der Waals surface area (Å²) in [5.41, 5.74) is 1.78. The SMILES string of the molecule is CCN(C(=O)CCSC)c1cc(-c2cccnc2)nn1C. The van der Waals surface area contributed by atoms with Gasteiger partial charge < -0.3 is 0 Å². The van der Waals surface area contributed by atoms with Crippen molar-refractivity contribution in [2.24, 2.45) is 7.05 Å². The van der Waals surface area contributed by atoms with Crippen LogP contribution in [-0.2, 0) is 11.8 Å². The number of carbonyl (C=O) groups is 1. The second kappa shape index (κ2) is 7.26. The van der Waals surface area contributed by atoms with Gasteiger partial charge in [-0.25, -0.2) is 0 Å².